The number of hydrogen-bond acceptors (Lipinski definition) is 3. The molecule has 1 aromatic heterocycles. The highest BCUT2D eigenvalue weighted by molar-refractivity contribution is 14.1. The number of imidazole rings is 1. The van der Waals surface area contributed by atoms with Crippen LogP contribution in [0.1, 0.15) is 5.56 Å². The molecule has 0 bridgehead atoms. The van der Waals surface area contributed by atoms with Crippen LogP contribution < -0.4 is 0 Å². The van der Waals surface area contributed by atoms with E-state index in [2.05, 4.69) is 86.9 Å². The second kappa shape index (κ2) is 6.82. The zero-order valence-electron chi connectivity index (χ0n) is 13.8. The predicted molar refractivity (Wildman–Crippen MR) is 107 cm³/mol. The molecular formula is C19H21IN4. The van der Waals surface area contributed by atoms with Crippen LogP contribution in [0.4, 0.5) is 0 Å². The molecule has 1 aliphatic heterocycles. The Bertz CT molecular complexity index is 849. The molecule has 1 fully saturated rings. The van der Waals surface area contributed by atoms with Crippen LogP contribution in [0.5, 0.6) is 0 Å². The lowest BCUT2D eigenvalue weighted by Crippen LogP contribution is -2.43. The highest BCUT2D eigenvalue weighted by Gasteiger charge is 2.14. The van der Waals surface area contributed by atoms with Gasteiger partial charge in [0.1, 0.15) is 5.82 Å². The van der Waals surface area contributed by atoms with Crippen LogP contribution in [-0.2, 0) is 6.54 Å². The van der Waals surface area contributed by atoms with Crippen LogP contribution in [-0.4, -0.2) is 53.0 Å². The summed E-state index contributed by atoms with van der Waals surface area (Å²) < 4.78 is 1.22. The Morgan fingerprint density at radius 1 is 1.08 bits per heavy atom. The molecule has 24 heavy (non-hydrogen) atoms. The zero-order chi connectivity index (χ0) is 16.5. The Morgan fingerprint density at radius 2 is 1.92 bits per heavy atom. The highest BCUT2D eigenvalue weighted by Crippen LogP contribution is 2.23. The number of nitrogens with one attached hydrogen (secondary N) is 1. The van der Waals surface area contributed by atoms with Gasteiger partial charge in [-0.1, -0.05) is 18.2 Å². The molecule has 124 valence electrons. The molecule has 5 heteroatoms. The minimum atomic E-state index is 0.945. The zero-order valence-corrected chi connectivity index (χ0v) is 16.0. The van der Waals surface area contributed by atoms with Crippen molar-refractivity contribution in [2.24, 2.45) is 0 Å². The van der Waals surface area contributed by atoms with Gasteiger partial charge in [0.25, 0.3) is 0 Å². The molecule has 2 aromatic carbocycles. The standard InChI is InChI=1S/C19H21IN4/c1-23-7-9-24(10-8-23)13-14-5-6-17-18(11-14)22-19(21-17)15-3-2-4-16(20)12-15/h2-6,11-12H,7-10,13H2,1H3,(H,21,22). The van der Waals surface area contributed by atoms with Crippen LogP contribution in [0.2, 0.25) is 0 Å². The van der Waals surface area contributed by atoms with Gasteiger partial charge >= 0.3 is 0 Å². The fourth-order valence-electron chi connectivity index (χ4n) is 3.19. The number of nitrogens with zero attached hydrogens (tertiary/aromatic N) is 3. The third kappa shape index (κ3) is 3.48. The minimum absolute atomic E-state index is 0.945. The second-order valence-electron chi connectivity index (χ2n) is 6.53. The molecule has 1 aliphatic rings. The fraction of sp³-hybridized carbons (Fsp3) is 0.316. The maximum Gasteiger partial charge on any atom is 0.138 e. The summed E-state index contributed by atoms with van der Waals surface area (Å²) in [6, 6.07) is 15.0. The molecule has 0 radical (unpaired) electrons. The SMILES string of the molecule is CN1CCN(Cc2ccc3nc(-c4cccc(I)c4)[nH]c3c2)CC1. The first-order chi connectivity index (χ1) is 11.7. The molecule has 0 unspecified atom stereocenters. The largest absolute Gasteiger partial charge is 0.338 e. The van der Waals surface area contributed by atoms with Crippen molar-refractivity contribution in [2.45, 2.75) is 6.54 Å². The van der Waals surface area contributed by atoms with Gasteiger partial charge in [-0.05, 0) is 59.5 Å². The molecule has 0 spiro atoms. The van der Waals surface area contributed by atoms with E-state index in [9.17, 15) is 0 Å². The van der Waals surface area contributed by atoms with Gasteiger partial charge in [0, 0.05) is 41.9 Å². The van der Waals surface area contributed by atoms with E-state index >= 15 is 0 Å². The van der Waals surface area contributed by atoms with Crippen molar-refractivity contribution in [3.8, 4) is 11.4 Å². The normalized spacial score (nSPS) is 16.8. The Balaban J connectivity index is 1.57. The summed E-state index contributed by atoms with van der Waals surface area (Å²) >= 11 is 2.34. The van der Waals surface area contributed by atoms with Crippen molar-refractivity contribution in [3.05, 3.63) is 51.6 Å². The molecular weight excluding hydrogens is 411 g/mol. The third-order valence-electron chi connectivity index (χ3n) is 4.65. The quantitative estimate of drug-likeness (QED) is 0.643. The number of hydrogen-bond donors (Lipinski definition) is 1. The summed E-state index contributed by atoms with van der Waals surface area (Å²) in [4.78, 5) is 13.1. The summed E-state index contributed by atoms with van der Waals surface area (Å²) in [6.07, 6.45) is 0. The van der Waals surface area contributed by atoms with Crippen molar-refractivity contribution in [3.63, 3.8) is 0 Å². The van der Waals surface area contributed by atoms with Gasteiger partial charge in [0.2, 0.25) is 0 Å². The van der Waals surface area contributed by atoms with Crippen molar-refractivity contribution >= 4 is 33.6 Å². The average Bonchev–Trinajstić information content (AvgIpc) is 3.00. The number of fused-ring (bicyclic) bond motifs is 1. The molecule has 1 saturated heterocycles. The van der Waals surface area contributed by atoms with Gasteiger partial charge < -0.3 is 9.88 Å². The van der Waals surface area contributed by atoms with Crippen LogP contribution >= 0.6 is 22.6 Å². The van der Waals surface area contributed by atoms with Crippen molar-refractivity contribution < 1.29 is 0 Å². The number of aromatic nitrogens is 2. The maximum atomic E-state index is 4.74. The summed E-state index contributed by atoms with van der Waals surface area (Å²) in [5.41, 5.74) is 4.64. The van der Waals surface area contributed by atoms with Gasteiger partial charge in [-0.3, -0.25) is 4.90 Å². The number of rotatable bonds is 3. The van der Waals surface area contributed by atoms with E-state index in [1.165, 1.54) is 9.13 Å². The summed E-state index contributed by atoms with van der Waals surface area (Å²) in [6.45, 7) is 5.62. The Kier molecular flexibility index (Phi) is 4.56. The molecule has 1 N–H and O–H groups in total. The van der Waals surface area contributed by atoms with E-state index in [1.54, 1.807) is 0 Å². The molecule has 4 rings (SSSR count). The monoisotopic (exact) mass is 432 g/mol. The Morgan fingerprint density at radius 3 is 2.71 bits per heavy atom. The summed E-state index contributed by atoms with van der Waals surface area (Å²) in [7, 11) is 2.19. The Hall–Kier alpha value is -1.44. The first-order valence-electron chi connectivity index (χ1n) is 8.33. The summed E-state index contributed by atoms with van der Waals surface area (Å²) in [5.74, 6) is 0.945. The topological polar surface area (TPSA) is 35.2 Å². The number of piperazine rings is 1. The first kappa shape index (κ1) is 16.1. The number of aromatic amines is 1. The van der Waals surface area contributed by atoms with E-state index in [1.807, 2.05) is 0 Å². The lowest BCUT2D eigenvalue weighted by molar-refractivity contribution is 0.148. The molecule has 3 aromatic rings. The van der Waals surface area contributed by atoms with E-state index in [0.717, 1.165) is 55.1 Å². The Labute approximate surface area is 156 Å². The minimum Gasteiger partial charge on any atom is -0.338 e. The van der Waals surface area contributed by atoms with Crippen LogP contribution in [0.3, 0.4) is 0 Å². The van der Waals surface area contributed by atoms with Crippen LogP contribution in [0.25, 0.3) is 22.4 Å². The number of H-pyrrole nitrogens is 1. The molecule has 0 atom stereocenters. The number of halogens is 1. The highest BCUT2D eigenvalue weighted by atomic mass is 127. The molecule has 0 aliphatic carbocycles. The van der Waals surface area contributed by atoms with Crippen LogP contribution in [0.15, 0.2) is 42.5 Å². The van der Waals surface area contributed by atoms with Crippen molar-refractivity contribution in [1.29, 1.82) is 0 Å². The second-order valence-corrected chi connectivity index (χ2v) is 7.77. The van der Waals surface area contributed by atoms with Crippen LogP contribution in [0, 0.1) is 3.57 Å². The number of likely N-dealkylation sites (N-methyl/N-ethyl adjacent to an activating group) is 1. The maximum absolute atomic E-state index is 4.74. The molecule has 0 amide bonds. The average molecular weight is 432 g/mol. The third-order valence-corrected chi connectivity index (χ3v) is 5.32. The smallest absolute Gasteiger partial charge is 0.138 e. The van der Waals surface area contributed by atoms with E-state index in [0.29, 0.717) is 0 Å². The predicted octanol–water partition coefficient (Wildman–Crippen LogP) is 3.58. The van der Waals surface area contributed by atoms with Gasteiger partial charge in [0.05, 0.1) is 11.0 Å². The lowest BCUT2D eigenvalue weighted by Gasteiger charge is -2.32. The van der Waals surface area contributed by atoms with Gasteiger partial charge in [-0.25, -0.2) is 4.98 Å². The van der Waals surface area contributed by atoms with E-state index < -0.39 is 0 Å². The van der Waals surface area contributed by atoms with E-state index in [-0.39, 0.29) is 0 Å². The van der Waals surface area contributed by atoms with Crippen molar-refractivity contribution in [1.82, 2.24) is 19.8 Å². The molecule has 2 heterocycles. The van der Waals surface area contributed by atoms with E-state index in [4.69, 9.17) is 4.98 Å². The van der Waals surface area contributed by atoms with Gasteiger partial charge in [-0.2, -0.15) is 0 Å². The van der Waals surface area contributed by atoms with Gasteiger partial charge in [-0.15, -0.1) is 0 Å². The van der Waals surface area contributed by atoms with Gasteiger partial charge in [0.15, 0.2) is 0 Å². The lowest BCUT2D eigenvalue weighted by atomic mass is 10.1. The fourth-order valence-corrected chi connectivity index (χ4v) is 3.73. The molecule has 4 nitrogen and oxygen atoms in total. The first-order valence-corrected chi connectivity index (χ1v) is 9.41. The number of benzene rings is 2. The molecule has 0 saturated carbocycles. The van der Waals surface area contributed by atoms with Crippen molar-refractivity contribution in [2.75, 3.05) is 33.2 Å². The summed E-state index contributed by atoms with van der Waals surface area (Å²) in [5, 5.41) is 0.